The van der Waals surface area contributed by atoms with Gasteiger partial charge in [-0.2, -0.15) is 5.26 Å². The zero-order valence-electron chi connectivity index (χ0n) is 18.0. The Morgan fingerprint density at radius 3 is 2.44 bits per heavy atom. The van der Waals surface area contributed by atoms with E-state index < -0.39 is 36.5 Å². The second kappa shape index (κ2) is 10.1. The van der Waals surface area contributed by atoms with Crippen molar-refractivity contribution in [1.29, 1.82) is 5.26 Å². The molecule has 1 saturated heterocycles. The van der Waals surface area contributed by atoms with Crippen LogP contribution in [0.15, 0.2) is 58.2 Å². The van der Waals surface area contributed by atoms with Crippen molar-refractivity contribution in [2.75, 3.05) is 6.61 Å². The molecule has 5 atom stereocenters. The topological polar surface area (TPSA) is 157 Å². The lowest BCUT2D eigenvalue weighted by Crippen LogP contribution is -2.57. The number of furan rings is 1. The smallest absolute Gasteiger partial charge is 0.162 e. The quantitative estimate of drug-likeness (QED) is 0.383. The number of ketones is 1. The SMILES string of the molecule is CC(=O)c1c(-c2ccccc2)nc(S[C@@H]2O[C@H](CO)[C@H](O)[C@H](O)[C@H]2O)c(C#N)c1-c1ccco1. The first-order valence-corrected chi connectivity index (χ1v) is 11.3. The number of nitrogens with zero attached hydrogens (tertiary/aromatic N) is 2. The van der Waals surface area contributed by atoms with Gasteiger partial charge >= 0.3 is 0 Å². The van der Waals surface area contributed by atoms with Crippen LogP contribution in [-0.2, 0) is 4.74 Å². The van der Waals surface area contributed by atoms with E-state index in [9.17, 15) is 30.5 Å². The maximum Gasteiger partial charge on any atom is 0.162 e. The monoisotopic (exact) mass is 482 g/mol. The Kier molecular flexibility index (Phi) is 7.13. The van der Waals surface area contributed by atoms with Gasteiger partial charge in [-0.05, 0) is 19.1 Å². The summed E-state index contributed by atoms with van der Waals surface area (Å²) < 4.78 is 11.1. The maximum absolute atomic E-state index is 12.8. The van der Waals surface area contributed by atoms with Crippen molar-refractivity contribution < 1.29 is 34.4 Å². The first kappa shape index (κ1) is 24.1. The van der Waals surface area contributed by atoms with Gasteiger partial charge in [-0.3, -0.25) is 4.79 Å². The molecule has 1 aromatic carbocycles. The fourth-order valence-electron chi connectivity index (χ4n) is 3.84. The van der Waals surface area contributed by atoms with Crippen molar-refractivity contribution in [3.63, 3.8) is 0 Å². The van der Waals surface area contributed by atoms with Gasteiger partial charge in [0.2, 0.25) is 0 Å². The van der Waals surface area contributed by atoms with Gasteiger partial charge < -0.3 is 29.6 Å². The molecule has 0 unspecified atom stereocenters. The number of hydrogen-bond acceptors (Lipinski definition) is 10. The Balaban J connectivity index is 1.92. The average Bonchev–Trinajstić information content (AvgIpc) is 3.38. The molecule has 0 radical (unpaired) electrons. The summed E-state index contributed by atoms with van der Waals surface area (Å²) in [6.07, 6.45) is -4.32. The van der Waals surface area contributed by atoms with Gasteiger partial charge in [-0.15, -0.1) is 0 Å². The van der Waals surface area contributed by atoms with Crippen molar-refractivity contribution in [3.8, 4) is 28.7 Å². The van der Waals surface area contributed by atoms with Crippen LogP contribution >= 0.6 is 11.8 Å². The standard InChI is InChI=1S/C24H22N2O7S/c1-12(28)17-18(15-8-5-9-32-15)14(10-25)23(26-19(17)13-6-3-2-4-7-13)34-24-22(31)21(30)20(29)16(11-27)33-24/h2-9,16,20-22,24,27,29-31H,11H2,1H3/t16-,20+,21+,22-,24+/m1/s1. The number of carbonyl (C=O) groups is 1. The molecule has 2 aromatic heterocycles. The van der Waals surface area contributed by atoms with Crippen LogP contribution in [0.25, 0.3) is 22.6 Å². The molecule has 1 aliphatic heterocycles. The van der Waals surface area contributed by atoms with E-state index in [-0.39, 0.29) is 33.3 Å². The van der Waals surface area contributed by atoms with E-state index in [1.165, 1.54) is 13.2 Å². The van der Waals surface area contributed by atoms with E-state index >= 15 is 0 Å². The predicted octanol–water partition coefficient (Wildman–Crippen LogP) is 1.97. The molecular weight excluding hydrogens is 460 g/mol. The van der Waals surface area contributed by atoms with E-state index in [0.717, 1.165) is 11.8 Å². The molecule has 0 aliphatic carbocycles. The van der Waals surface area contributed by atoms with Crippen molar-refractivity contribution >= 4 is 17.5 Å². The Bertz CT molecular complexity index is 1210. The highest BCUT2D eigenvalue weighted by Gasteiger charge is 2.44. The number of aliphatic hydroxyl groups excluding tert-OH is 4. The summed E-state index contributed by atoms with van der Waals surface area (Å²) in [6, 6.07) is 14.3. The molecule has 1 aliphatic rings. The number of aliphatic hydroxyl groups is 4. The first-order valence-electron chi connectivity index (χ1n) is 10.4. The maximum atomic E-state index is 12.8. The zero-order chi connectivity index (χ0) is 24.4. The average molecular weight is 483 g/mol. The number of thioether (sulfide) groups is 1. The van der Waals surface area contributed by atoms with Gasteiger partial charge in [-0.1, -0.05) is 42.1 Å². The van der Waals surface area contributed by atoms with Crippen LogP contribution in [0.4, 0.5) is 0 Å². The molecule has 4 N–H and O–H groups in total. The minimum Gasteiger partial charge on any atom is -0.464 e. The van der Waals surface area contributed by atoms with Gasteiger partial charge in [-0.25, -0.2) is 4.98 Å². The lowest BCUT2D eigenvalue weighted by atomic mass is 9.93. The second-order valence-electron chi connectivity index (χ2n) is 7.72. The third kappa shape index (κ3) is 4.37. The van der Waals surface area contributed by atoms with Crippen molar-refractivity contribution in [1.82, 2.24) is 4.98 Å². The molecule has 3 aromatic rings. The molecule has 10 heteroatoms. The Labute approximate surface area is 199 Å². The van der Waals surface area contributed by atoms with Crippen LogP contribution in [0.3, 0.4) is 0 Å². The Morgan fingerprint density at radius 2 is 1.85 bits per heavy atom. The summed E-state index contributed by atoms with van der Waals surface area (Å²) in [5, 5.41) is 50.5. The Morgan fingerprint density at radius 1 is 1.12 bits per heavy atom. The highest BCUT2D eigenvalue weighted by molar-refractivity contribution is 7.99. The number of carbonyl (C=O) groups excluding carboxylic acids is 1. The molecule has 176 valence electrons. The lowest BCUT2D eigenvalue weighted by Gasteiger charge is -2.39. The third-order valence-electron chi connectivity index (χ3n) is 5.52. The van der Waals surface area contributed by atoms with E-state index in [1.54, 1.807) is 36.4 Å². The second-order valence-corrected chi connectivity index (χ2v) is 8.80. The molecule has 0 saturated carbocycles. The summed E-state index contributed by atoms with van der Waals surface area (Å²) in [4.78, 5) is 17.4. The number of ether oxygens (including phenoxy) is 1. The minimum absolute atomic E-state index is 0.0294. The van der Waals surface area contributed by atoms with Crippen molar-refractivity contribution in [3.05, 3.63) is 59.9 Å². The number of nitriles is 1. The van der Waals surface area contributed by atoms with Crippen LogP contribution < -0.4 is 0 Å². The van der Waals surface area contributed by atoms with Crippen LogP contribution in [0, 0.1) is 11.3 Å². The van der Waals surface area contributed by atoms with E-state index in [1.807, 2.05) is 6.07 Å². The molecule has 0 bridgehead atoms. The molecule has 0 spiro atoms. The number of aromatic nitrogens is 1. The fourth-order valence-corrected chi connectivity index (χ4v) is 4.97. The fraction of sp³-hybridized carbons (Fsp3) is 0.292. The van der Waals surface area contributed by atoms with E-state index in [0.29, 0.717) is 11.3 Å². The molecular formula is C24H22N2O7S. The van der Waals surface area contributed by atoms with Crippen LogP contribution in [0.2, 0.25) is 0 Å². The predicted molar refractivity (Wildman–Crippen MR) is 122 cm³/mol. The zero-order valence-corrected chi connectivity index (χ0v) is 18.8. The first-order chi connectivity index (χ1) is 16.4. The number of pyridine rings is 1. The van der Waals surface area contributed by atoms with Crippen LogP contribution in [-0.4, -0.2) is 67.7 Å². The van der Waals surface area contributed by atoms with Gasteiger partial charge in [0.25, 0.3) is 0 Å². The van der Waals surface area contributed by atoms with Crippen LogP contribution in [0.1, 0.15) is 22.8 Å². The highest BCUT2D eigenvalue weighted by Crippen LogP contribution is 2.41. The van der Waals surface area contributed by atoms with Gasteiger partial charge in [0.15, 0.2) is 5.78 Å². The lowest BCUT2D eigenvalue weighted by molar-refractivity contribution is -0.205. The molecule has 0 amide bonds. The summed E-state index contributed by atoms with van der Waals surface area (Å²) in [5.74, 6) is -0.0318. The van der Waals surface area contributed by atoms with Gasteiger partial charge in [0.1, 0.15) is 46.7 Å². The number of hydrogen-bond donors (Lipinski definition) is 4. The van der Waals surface area contributed by atoms with E-state index in [2.05, 4.69) is 11.1 Å². The molecule has 1 fully saturated rings. The molecule has 9 nitrogen and oxygen atoms in total. The summed E-state index contributed by atoms with van der Waals surface area (Å²) >= 11 is 0.848. The van der Waals surface area contributed by atoms with Gasteiger partial charge in [0.05, 0.1) is 35.3 Å². The largest absolute Gasteiger partial charge is 0.464 e. The van der Waals surface area contributed by atoms with Gasteiger partial charge in [0, 0.05) is 5.56 Å². The number of Topliss-reactive ketones (excluding diaryl/α,β-unsaturated/α-hetero) is 1. The van der Waals surface area contributed by atoms with Crippen LogP contribution in [0.5, 0.6) is 0 Å². The molecule has 3 heterocycles. The number of benzene rings is 1. The number of rotatable bonds is 6. The highest BCUT2D eigenvalue weighted by atomic mass is 32.2. The summed E-state index contributed by atoms with van der Waals surface area (Å²) in [6.45, 7) is 0.790. The summed E-state index contributed by atoms with van der Waals surface area (Å²) in [7, 11) is 0. The minimum atomic E-state index is -1.58. The van der Waals surface area contributed by atoms with E-state index in [4.69, 9.17) is 9.15 Å². The molecule has 34 heavy (non-hydrogen) atoms. The van der Waals surface area contributed by atoms with Crippen molar-refractivity contribution in [2.45, 2.75) is 41.8 Å². The normalized spacial score (nSPS) is 24.5. The third-order valence-corrected chi connectivity index (χ3v) is 6.66. The molecule has 4 rings (SSSR count). The summed E-state index contributed by atoms with van der Waals surface area (Å²) in [5.41, 5.74) is 0.260. The van der Waals surface area contributed by atoms with Crippen molar-refractivity contribution in [2.24, 2.45) is 0 Å². The Hall–Kier alpha value is -3.04.